The summed E-state index contributed by atoms with van der Waals surface area (Å²) in [6.45, 7) is 0. The molecule has 2 aliphatic rings. The van der Waals surface area contributed by atoms with Crippen LogP contribution in [0.3, 0.4) is 0 Å². The van der Waals surface area contributed by atoms with Crippen LogP contribution in [-0.2, 0) is 0 Å². The molecule has 2 aromatic rings. The molecule has 2 saturated carbocycles. The molecule has 2 amide bonds. The van der Waals surface area contributed by atoms with E-state index < -0.39 is 0 Å². The van der Waals surface area contributed by atoms with Gasteiger partial charge in [0.15, 0.2) is 5.69 Å². The van der Waals surface area contributed by atoms with Crippen molar-refractivity contribution in [3.8, 4) is 0 Å². The molecule has 2 aliphatic carbocycles. The number of hydrogen-bond acceptors (Lipinski definition) is 3. The average molecular weight is 383 g/mol. The van der Waals surface area contributed by atoms with Gasteiger partial charge in [0.05, 0.1) is 5.52 Å². The number of pyridine rings is 1. The number of imidazole rings is 1. The molecule has 2 heterocycles. The number of aromatic nitrogens is 2. The van der Waals surface area contributed by atoms with Gasteiger partial charge in [-0.05, 0) is 37.8 Å². The average Bonchev–Trinajstić information content (AvgIpc) is 2.92. The summed E-state index contributed by atoms with van der Waals surface area (Å²) in [6, 6.07) is 6.00. The van der Waals surface area contributed by atoms with E-state index in [1.165, 1.54) is 19.3 Å². The first-order chi connectivity index (χ1) is 13.7. The number of amides is 2. The first-order valence-electron chi connectivity index (χ1n) is 10.8. The Morgan fingerprint density at radius 2 is 1.39 bits per heavy atom. The van der Waals surface area contributed by atoms with E-state index in [2.05, 4.69) is 15.6 Å². The van der Waals surface area contributed by atoms with Crippen LogP contribution >= 0.6 is 0 Å². The van der Waals surface area contributed by atoms with Crippen molar-refractivity contribution >= 4 is 17.3 Å². The lowest BCUT2D eigenvalue weighted by Crippen LogP contribution is -2.37. The third-order valence-corrected chi connectivity index (χ3v) is 6.10. The standard InChI is InChI=1S/C22H30N4O2/c27-21(23-16-10-4-1-2-5-11-16)19-18-14-8-9-15-26(18)20(25-19)22(28)24-17-12-6-3-7-13-17/h8-9,14-17H,1-7,10-13H2,(H,23,27)(H,24,28). The second-order valence-electron chi connectivity index (χ2n) is 8.21. The summed E-state index contributed by atoms with van der Waals surface area (Å²) in [5, 5.41) is 6.27. The minimum atomic E-state index is -0.193. The quantitative estimate of drug-likeness (QED) is 0.789. The number of nitrogens with zero attached hydrogens (tertiary/aromatic N) is 2. The van der Waals surface area contributed by atoms with E-state index >= 15 is 0 Å². The van der Waals surface area contributed by atoms with Gasteiger partial charge in [-0.1, -0.05) is 51.0 Å². The lowest BCUT2D eigenvalue weighted by Gasteiger charge is -2.22. The molecule has 0 bridgehead atoms. The van der Waals surface area contributed by atoms with E-state index in [1.54, 1.807) is 10.6 Å². The molecule has 0 saturated heterocycles. The number of nitrogens with one attached hydrogen (secondary N) is 2. The molecule has 2 fully saturated rings. The van der Waals surface area contributed by atoms with E-state index in [4.69, 9.17) is 0 Å². The molecule has 4 rings (SSSR count). The van der Waals surface area contributed by atoms with Crippen molar-refractivity contribution in [1.82, 2.24) is 20.0 Å². The Kier molecular flexibility index (Phi) is 5.93. The first kappa shape index (κ1) is 19.0. The fourth-order valence-electron chi connectivity index (χ4n) is 4.54. The van der Waals surface area contributed by atoms with Gasteiger partial charge in [0, 0.05) is 18.3 Å². The van der Waals surface area contributed by atoms with Gasteiger partial charge in [-0.15, -0.1) is 0 Å². The Hall–Kier alpha value is -2.37. The zero-order chi connectivity index (χ0) is 19.3. The smallest absolute Gasteiger partial charge is 0.287 e. The lowest BCUT2D eigenvalue weighted by molar-refractivity contribution is 0.0916. The Labute approximate surface area is 166 Å². The predicted octanol–water partition coefficient (Wildman–Crippen LogP) is 3.85. The van der Waals surface area contributed by atoms with Crippen LogP contribution in [0.4, 0.5) is 0 Å². The molecular weight excluding hydrogens is 352 g/mol. The summed E-state index contributed by atoms with van der Waals surface area (Å²) in [5.74, 6) is -0.0684. The summed E-state index contributed by atoms with van der Waals surface area (Å²) in [6.07, 6.45) is 14.2. The molecule has 6 heteroatoms. The topological polar surface area (TPSA) is 75.5 Å². The Morgan fingerprint density at radius 3 is 2.04 bits per heavy atom. The van der Waals surface area contributed by atoms with Gasteiger partial charge in [-0.25, -0.2) is 4.98 Å². The second-order valence-corrected chi connectivity index (χ2v) is 8.21. The number of hydrogen-bond donors (Lipinski definition) is 2. The van der Waals surface area contributed by atoms with Crippen LogP contribution < -0.4 is 10.6 Å². The molecule has 0 spiro atoms. The van der Waals surface area contributed by atoms with Crippen molar-refractivity contribution in [2.45, 2.75) is 82.7 Å². The monoisotopic (exact) mass is 382 g/mol. The summed E-state index contributed by atoms with van der Waals surface area (Å²) in [5.41, 5.74) is 1.03. The Balaban J connectivity index is 1.55. The minimum Gasteiger partial charge on any atom is -0.348 e. The zero-order valence-corrected chi connectivity index (χ0v) is 16.5. The van der Waals surface area contributed by atoms with Crippen LogP contribution in [0.15, 0.2) is 24.4 Å². The van der Waals surface area contributed by atoms with Crippen LogP contribution in [0.2, 0.25) is 0 Å². The predicted molar refractivity (Wildman–Crippen MR) is 108 cm³/mol. The van der Waals surface area contributed by atoms with Gasteiger partial charge < -0.3 is 10.6 Å². The zero-order valence-electron chi connectivity index (χ0n) is 16.5. The SMILES string of the molecule is O=C(NC1CCCCCC1)c1nc(C(=O)NC2CCCCC2)n2ccccc12. The second kappa shape index (κ2) is 8.76. The molecule has 0 atom stereocenters. The molecule has 0 unspecified atom stereocenters. The molecule has 150 valence electrons. The fraction of sp³-hybridized carbons (Fsp3) is 0.591. The maximum absolute atomic E-state index is 12.9. The molecular formula is C22H30N4O2. The normalized spacial score (nSPS) is 19.3. The number of rotatable bonds is 4. The Morgan fingerprint density at radius 1 is 0.821 bits per heavy atom. The van der Waals surface area contributed by atoms with Crippen molar-refractivity contribution in [2.24, 2.45) is 0 Å². The first-order valence-corrected chi connectivity index (χ1v) is 10.8. The number of carbonyl (C=O) groups is 2. The molecule has 2 aromatic heterocycles. The van der Waals surface area contributed by atoms with Gasteiger partial charge in [-0.3, -0.25) is 14.0 Å². The summed E-state index contributed by atoms with van der Waals surface area (Å²) in [7, 11) is 0. The largest absolute Gasteiger partial charge is 0.348 e. The van der Waals surface area contributed by atoms with E-state index in [1.807, 2.05) is 18.2 Å². The van der Waals surface area contributed by atoms with Gasteiger partial charge >= 0.3 is 0 Å². The van der Waals surface area contributed by atoms with Gasteiger partial charge in [0.25, 0.3) is 11.8 Å². The van der Waals surface area contributed by atoms with Crippen LogP contribution in [0.5, 0.6) is 0 Å². The third kappa shape index (κ3) is 4.21. The maximum Gasteiger partial charge on any atom is 0.287 e. The van der Waals surface area contributed by atoms with E-state index in [-0.39, 0.29) is 23.9 Å². The molecule has 28 heavy (non-hydrogen) atoms. The summed E-state index contributed by atoms with van der Waals surface area (Å²) < 4.78 is 1.74. The summed E-state index contributed by atoms with van der Waals surface area (Å²) >= 11 is 0. The van der Waals surface area contributed by atoms with E-state index in [0.29, 0.717) is 17.0 Å². The van der Waals surface area contributed by atoms with Crippen molar-refractivity contribution in [2.75, 3.05) is 0 Å². The highest BCUT2D eigenvalue weighted by Gasteiger charge is 2.25. The van der Waals surface area contributed by atoms with E-state index in [0.717, 1.165) is 51.4 Å². The third-order valence-electron chi connectivity index (χ3n) is 6.10. The van der Waals surface area contributed by atoms with Crippen LogP contribution in [0, 0.1) is 0 Å². The van der Waals surface area contributed by atoms with Crippen molar-refractivity contribution < 1.29 is 9.59 Å². The lowest BCUT2D eigenvalue weighted by atomic mass is 9.95. The highest BCUT2D eigenvalue weighted by atomic mass is 16.2. The fourth-order valence-corrected chi connectivity index (χ4v) is 4.54. The van der Waals surface area contributed by atoms with Gasteiger partial charge in [-0.2, -0.15) is 0 Å². The van der Waals surface area contributed by atoms with Crippen molar-refractivity contribution in [3.63, 3.8) is 0 Å². The van der Waals surface area contributed by atoms with E-state index in [9.17, 15) is 9.59 Å². The molecule has 0 radical (unpaired) electrons. The van der Waals surface area contributed by atoms with Crippen molar-refractivity contribution in [3.05, 3.63) is 35.9 Å². The van der Waals surface area contributed by atoms with Crippen LogP contribution in [0.1, 0.15) is 91.7 Å². The molecule has 0 aliphatic heterocycles. The Bertz CT molecular complexity index is 830. The van der Waals surface area contributed by atoms with Gasteiger partial charge in [0.1, 0.15) is 0 Å². The summed E-state index contributed by atoms with van der Waals surface area (Å²) in [4.78, 5) is 30.3. The number of carbonyl (C=O) groups excluding carboxylic acids is 2. The molecule has 0 aromatic carbocycles. The maximum atomic E-state index is 12.9. The highest BCUT2D eigenvalue weighted by Crippen LogP contribution is 2.20. The molecule has 2 N–H and O–H groups in total. The minimum absolute atomic E-state index is 0.174. The van der Waals surface area contributed by atoms with Crippen LogP contribution in [0.25, 0.3) is 5.52 Å². The van der Waals surface area contributed by atoms with Crippen LogP contribution in [-0.4, -0.2) is 33.3 Å². The molecule has 6 nitrogen and oxygen atoms in total. The van der Waals surface area contributed by atoms with Crippen molar-refractivity contribution in [1.29, 1.82) is 0 Å². The van der Waals surface area contributed by atoms with Gasteiger partial charge in [0.2, 0.25) is 5.82 Å². The number of fused-ring (bicyclic) bond motifs is 1. The highest BCUT2D eigenvalue weighted by molar-refractivity contribution is 6.02.